The molecule has 1 aromatic heterocycles. The predicted octanol–water partition coefficient (Wildman–Crippen LogP) is 3.84. The minimum absolute atomic E-state index is 1.02. The Labute approximate surface area is 87.8 Å². The monoisotopic (exact) mass is 201 g/mol. The van der Waals surface area contributed by atoms with Gasteiger partial charge in [0, 0.05) is 10.9 Å². The molecular weight excluding hydrogens is 190 g/mol. The lowest BCUT2D eigenvalue weighted by molar-refractivity contribution is 1.36. The van der Waals surface area contributed by atoms with E-state index in [9.17, 15) is 0 Å². The van der Waals surface area contributed by atoms with Crippen LogP contribution in [0.3, 0.4) is 0 Å². The summed E-state index contributed by atoms with van der Waals surface area (Å²) < 4.78 is 0. The van der Waals surface area contributed by atoms with Crippen molar-refractivity contribution in [2.45, 2.75) is 6.92 Å². The van der Waals surface area contributed by atoms with Gasteiger partial charge in [0.2, 0.25) is 0 Å². The molecule has 2 heteroatoms. The van der Waals surface area contributed by atoms with Gasteiger partial charge < -0.3 is 0 Å². The number of rotatable bonds is 2. The molecule has 2 aromatic rings. The van der Waals surface area contributed by atoms with Crippen molar-refractivity contribution < 1.29 is 0 Å². The molecule has 0 N–H and O–H groups in total. The molecule has 0 fully saturated rings. The number of nitrogens with zero attached hydrogens (tertiary/aromatic N) is 1. The van der Waals surface area contributed by atoms with Gasteiger partial charge in [0.1, 0.15) is 5.01 Å². The lowest BCUT2D eigenvalue weighted by atomic mass is 10.2. The summed E-state index contributed by atoms with van der Waals surface area (Å²) >= 11 is 1.64. The van der Waals surface area contributed by atoms with Crippen LogP contribution in [-0.2, 0) is 0 Å². The van der Waals surface area contributed by atoms with E-state index < -0.39 is 0 Å². The molecule has 2 rings (SSSR count). The third-order valence-corrected chi connectivity index (χ3v) is 2.94. The largest absolute Gasteiger partial charge is 0.236 e. The van der Waals surface area contributed by atoms with Gasteiger partial charge >= 0.3 is 0 Å². The molecule has 0 aliphatic rings. The van der Waals surface area contributed by atoms with Gasteiger partial charge in [-0.15, -0.1) is 11.3 Å². The smallest absolute Gasteiger partial charge is 0.119 e. The van der Waals surface area contributed by atoms with E-state index in [0.29, 0.717) is 0 Å². The summed E-state index contributed by atoms with van der Waals surface area (Å²) in [6, 6.07) is 10.2. The second kappa shape index (κ2) is 3.76. The minimum Gasteiger partial charge on any atom is -0.236 e. The fraction of sp³-hybridized carbons (Fsp3) is 0.0833. The first-order valence-electron chi connectivity index (χ1n) is 4.44. The zero-order valence-electron chi connectivity index (χ0n) is 8.03. The minimum atomic E-state index is 1.02. The zero-order valence-corrected chi connectivity index (χ0v) is 8.84. The number of allylic oxidation sites excluding steroid dienone is 1. The number of thiazole rings is 1. The first-order valence-corrected chi connectivity index (χ1v) is 5.32. The maximum Gasteiger partial charge on any atom is 0.119 e. The van der Waals surface area contributed by atoms with Gasteiger partial charge in [0.15, 0.2) is 0 Å². The van der Waals surface area contributed by atoms with E-state index in [2.05, 4.69) is 29.1 Å². The second-order valence-corrected chi connectivity index (χ2v) is 4.04. The summed E-state index contributed by atoms with van der Waals surface area (Å²) in [7, 11) is 0. The van der Waals surface area contributed by atoms with Crippen molar-refractivity contribution in [1.82, 2.24) is 4.98 Å². The average molecular weight is 201 g/mol. The van der Waals surface area contributed by atoms with E-state index in [-0.39, 0.29) is 0 Å². The Morgan fingerprint density at radius 1 is 1.29 bits per heavy atom. The van der Waals surface area contributed by atoms with E-state index in [1.54, 1.807) is 11.3 Å². The molecule has 0 aliphatic heterocycles. The van der Waals surface area contributed by atoms with Crippen LogP contribution in [0.2, 0.25) is 0 Å². The Balaban J connectivity index is 2.39. The van der Waals surface area contributed by atoms with Gasteiger partial charge in [-0.05, 0) is 12.5 Å². The SMILES string of the molecule is C=C(C)c1nc(-c2ccccc2)cs1. The number of hydrogen-bond acceptors (Lipinski definition) is 2. The lowest BCUT2D eigenvalue weighted by Gasteiger charge is -1.94. The van der Waals surface area contributed by atoms with Crippen LogP contribution >= 0.6 is 11.3 Å². The Hall–Kier alpha value is -1.41. The average Bonchev–Trinajstić information content (AvgIpc) is 2.68. The molecule has 1 heterocycles. The van der Waals surface area contributed by atoms with Crippen LogP contribution in [0.15, 0.2) is 42.3 Å². The van der Waals surface area contributed by atoms with Crippen LogP contribution in [0.4, 0.5) is 0 Å². The molecule has 0 saturated carbocycles. The molecule has 0 radical (unpaired) electrons. The fourth-order valence-electron chi connectivity index (χ4n) is 1.21. The van der Waals surface area contributed by atoms with E-state index in [1.807, 2.05) is 25.1 Å². The van der Waals surface area contributed by atoms with Gasteiger partial charge in [-0.2, -0.15) is 0 Å². The molecule has 0 amide bonds. The van der Waals surface area contributed by atoms with E-state index in [4.69, 9.17) is 0 Å². The molecule has 0 spiro atoms. The van der Waals surface area contributed by atoms with Crippen LogP contribution in [0.1, 0.15) is 11.9 Å². The van der Waals surface area contributed by atoms with Crippen molar-refractivity contribution in [1.29, 1.82) is 0 Å². The van der Waals surface area contributed by atoms with Crippen molar-refractivity contribution in [2.75, 3.05) is 0 Å². The molecule has 0 unspecified atom stereocenters. The van der Waals surface area contributed by atoms with Gasteiger partial charge in [-0.25, -0.2) is 4.98 Å². The van der Waals surface area contributed by atoms with E-state index in [1.165, 1.54) is 0 Å². The molecule has 0 bridgehead atoms. The number of benzene rings is 1. The highest BCUT2D eigenvalue weighted by Gasteiger charge is 2.03. The first kappa shape index (κ1) is 9.16. The quantitative estimate of drug-likeness (QED) is 0.719. The number of hydrogen-bond donors (Lipinski definition) is 0. The summed E-state index contributed by atoms with van der Waals surface area (Å²) in [6.07, 6.45) is 0. The Bertz CT molecular complexity index is 442. The predicted molar refractivity (Wildman–Crippen MR) is 62.3 cm³/mol. The van der Waals surface area contributed by atoms with E-state index in [0.717, 1.165) is 21.8 Å². The van der Waals surface area contributed by atoms with Crippen molar-refractivity contribution >= 4 is 16.9 Å². The highest BCUT2D eigenvalue weighted by Crippen LogP contribution is 2.24. The Kier molecular flexibility index (Phi) is 2.46. The van der Waals surface area contributed by atoms with Gasteiger partial charge in [0.05, 0.1) is 5.69 Å². The summed E-state index contributed by atoms with van der Waals surface area (Å²) in [5, 5.41) is 3.09. The van der Waals surface area contributed by atoms with Gasteiger partial charge in [-0.3, -0.25) is 0 Å². The maximum absolute atomic E-state index is 4.50. The summed E-state index contributed by atoms with van der Waals surface area (Å²) in [5.41, 5.74) is 3.22. The molecule has 14 heavy (non-hydrogen) atoms. The molecule has 0 aliphatic carbocycles. The van der Waals surface area contributed by atoms with Crippen LogP contribution < -0.4 is 0 Å². The molecular formula is C12H11NS. The fourth-order valence-corrected chi connectivity index (χ4v) is 1.98. The van der Waals surface area contributed by atoms with Crippen molar-refractivity contribution in [2.24, 2.45) is 0 Å². The maximum atomic E-state index is 4.50. The molecule has 70 valence electrons. The standard InChI is InChI=1S/C12H11NS/c1-9(2)12-13-11(8-14-12)10-6-4-3-5-7-10/h3-8H,1H2,2H3. The topological polar surface area (TPSA) is 12.9 Å². The third-order valence-electron chi connectivity index (χ3n) is 1.94. The Morgan fingerprint density at radius 2 is 2.00 bits per heavy atom. The summed E-state index contributed by atoms with van der Waals surface area (Å²) in [5.74, 6) is 0. The van der Waals surface area contributed by atoms with Crippen LogP contribution in [0.5, 0.6) is 0 Å². The zero-order chi connectivity index (χ0) is 9.97. The lowest BCUT2D eigenvalue weighted by Crippen LogP contribution is -1.78. The molecule has 1 aromatic carbocycles. The van der Waals surface area contributed by atoms with Crippen molar-refractivity contribution in [3.63, 3.8) is 0 Å². The van der Waals surface area contributed by atoms with E-state index >= 15 is 0 Å². The Morgan fingerprint density at radius 3 is 2.57 bits per heavy atom. The first-order chi connectivity index (χ1) is 6.77. The highest BCUT2D eigenvalue weighted by molar-refractivity contribution is 7.11. The molecule has 1 nitrogen and oxygen atoms in total. The number of aromatic nitrogens is 1. The highest BCUT2D eigenvalue weighted by atomic mass is 32.1. The van der Waals surface area contributed by atoms with Gasteiger partial charge in [-0.1, -0.05) is 36.9 Å². The normalized spacial score (nSPS) is 10.1. The van der Waals surface area contributed by atoms with Crippen LogP contribution in [0, 0.1) is 0 Å². The summed E-state index contributed by atoms with van der Waals surface area (Å²) in [4.78, 5) is 4.50. The van der Waals surface area contributed by atoms with Crippen molar-refractivity contribution in [3.8, 4) is 11.3 Å². The summed E-state index contributed by atoms with van der Waals surface area (Å²) in [6.45, 7) is 5.86. The van der Waals surface area contributed by atoms with Crippen LogP contribution in [0.25, 0.3) is 16.8 Å². The third kappa shape index (κ3) is 1.75. The van der Waals surface area contributed by atoms with Gasteiger partial charge in [0.25, 0.3) is 0 Å². The molecule has 0 atom stereocenters. The van der Waals surface area contributed by atoms with Crippen LogP contribution in [-0.4, -0.2) is 4.98 Å². The molecule has 0 saturated heterocycles. The van der Waals surface area contributed by atoms with Crippen molar-refractivity contribution in [3.05, 3.63) is 47.3 Å². The second-order valence-electron chi connectivity index (χ2n) is 3.18.